The van der Waals surface area contributed by atoms with Crippen LogP contribution < -0.4 is 20.7 Å². The molecule has 0 aliphatic rings. The molecule has 2 heterocycles. The summed E-state index contributed by atoms with van der Waals surface area (Å²) in [4.78, 5) is 31.4. The van der Waals surface area contributed by atoms with E-state index in [1.54, 1.807) is 19.1 Å². The van der Waals surface area contributed by atoms with E-state index in [0.29, 0.717) is 16.0 Å². The van der Waals surface area contributed by atoms with E-state index in [4.69, 9.17) is 4.74 Å². The predicted molar refractivity (Wildman–Crippen MR) is 70.7 cm³/mol. The molecule has 0 saturated heterocycles. The van der Waals surface area contributed by atoms with E-state index < -0.39 is 11.2 Å². The van der Waals surface area contributed by atoms with E-state index in [1.165, 1.54) is 7.11 Å². The fourth-order valence-corrected chi connectivity index (χ4v) is 2.11. The van der Waals surface area contributed by atoms with Crippen molar-refractivity contribution in [1.82, 2.24) is 15.0 Å². The van der Waals surface area contributed by atoms with Gasteiger partial charge in [0.05, 0.1) is 7.11 Å². The average molecular weight is 274 g/mol. The molecule has 20 heavy (non-hydrogen) atoms. The number of nitrogens with one attached hydrogen (secondary N) is 2. The Kier molecular flexibility index (Phi) is 2.46. The summed E-state index contributed by atoms with van der Waals surface area (Å²) < 4.78 is 5.62. The molecule has 1 aromatic carbocycles. The first kappa shape index (κ1) is 12.2. The van der Waals surface area contributed by atoms with Gasteiger partial charge in [0.25, 0.3) is 0 Å². The van der Waals surface area contributed by atoms with Crippen molar-refractivity contribution in [3.63, 3.8) is 0 Å². The van der Waals surface area contributed by atoms with Crippen molar-refractivity contribution >= 4 is 22.2 Å². The third kappa shape index (κ3) is 1.62. The lowest BCUT2D eigenvalue weighted by atomic mass is 10.2. The van der Waals surface area contributed by atoms with Crippen LogP contribution in [0.4, 0.5) is 0 Å². The van der Waals surface area contributed by atoms with Gasteiger partial charge in [-0.3, -0.25) is 14.8 Å². The molecule has 2 aromatic heterocycles. The highest BCUT2D eigenvalue weighted by atomic mass is 16.5. The first-order valence-electron chi connectivity index (χ1n) is 5.75. The molecule has 8 nitrogen and oxygen atoms in total. The number of hydrogen-bond acceptors (Lipinski definition) is 5. The van der Waals surface area contributed by atoms with Crippen molar-refractivity contribution in [3.05, 3.63) is 43.7 Å². The van der Waals surface area contributed by atoms with E-state index in [0.717, 1.165) is 5.56 Å². The number of aromatic nitrogens is 4. The second-order valence-corrected chi connectivity index (χ2v) is 4.32. The minimum absolute atomic E-state index is 0.0628. The Balaban J connectivity index is 2.57. The van der Waals surface area contributed by atoms with Gasteiger partial charge >= 0.3 is 16.8 Å². The monoisotopic (exact) mass is 274 g/mol. The first-order chi connectivity index (χ1) is 9.51. The predicted octanol–water partition coefficient (Wildman–Crippen LogP) is -0.285. The zero-order chi connectivity index (χ0) is 14.4. The lowest BCUT2D eigenvalue weighted by molar-refractivity contribution is -0.549. The molecule has 102 valence electrons. The van der Waals surface area contributed by atoms with Gasteiger partial charge in [0.1, 0.15) is 11.3 Å². The van der Waals surface area contributed by atoms with Crippen LogP contribution in [-0.2, 0) is 0 Å². The number of rotatable bonds is 1. The van der Waals surface area contributed by atoms with Crippen LogP contribution in [0.15, 0.2) is 21.7 Å². The number of ether oxygens (including phenoxy) is 1. The Morgan fingerprint density at radius 3 is 2.75 bits per heavy atom. The summed E-state index contributed by atoms with van der Waals surface area (Å²) in [6.45, 7) is 1.78. The first-order valence-corrected chi connectivity index (χ1v) is 5.75. The Morgan fingerprint density at radius 1 is 1.30 bits per heavy atom. The number of methoxy groups -OCH3 is 1. The number of hydrogen-bond donors (Lipinski definition) is 2. The summed E-state index contributed by atoms with van der Waals surface area (Å²) in [5, 5.41) is 12.3. The maximum absolute atomic E-state index is 12.3. The van der Waals surface area contributed by atoms with Crippen LogP contribution in [0.2, 0.25) is 0 Å². The molecular weight excluding hydrogens is 264 g/mol. The molecule has 0 fully saturated rings. The fraction of sp³-hybridized carbons (Fsp3) is 0.167. The highest BCUT2D eigenvalue weighted by Crippen LogP contribution is 2.22. The minimum atomic E-state index is -0.776. The van der Waals surface area contributed by atoms with Crippen LogP contribution in [0.3, 0.4) is 0 Å². The maximum atomic E-state index is 12.3. The van der Waals surface area contributed by atoms with Crippen LogP contribution in [-0.4, -0.2) is 22.1 Å². The highest BCUT2D eigenvalue weighted by Gasteiger charge is 2.18. The molecule has 0 aliphatic carbocycles. The minimum Gasteiger partial charge on any atom is -0.618 e. The van der Waals surface area contributed by atoms with E-state index in [1.807, 2.05) is 4.98 Å². The second kappa shape index (κ2) is 4.05. The van der Waals surface area contributed by atoms with Crippen LogP contribution >= 0.6 is 0 Å². The van der Waals surface area contributed by atoms with Crippen molar-refractivity contribution in [2.75, 3.05) is 7.11 Å². The lowest BCUT2D eigenvalue weighted by Crippen LogP contribution is -2.37. The lowest BCUT2D eigenvalue weighted by Gasteiger charge is -2.08. The van der Waals surface area contributed by atoms with E-state index in [-0.39, 0.29) is 16.7 Å². The molecule has 0 amide bonds. The maximum Gasteiger partial charge on any atom is 0.329 e. The zero-order valence-electron chi connectivity index (χ0n) is 10.7. The molecule has 3 rings (SSSR count). The number of aryl methyl sites for hydroxylation is 1. The molecule has 0 spiro atoms. The second-order valence-electron chi connectivity index (χ2n) is 4.32. The number of H-pyrrole nitrogens is 2. The summed E-state index contributed by atoms with van der Waals surface area (Å²) in [6, 6.07) is 3.16. The summed E-state index contributed by atoms with van der Waals surface area (Å²) in [5.74, 6) is 0.566. The molecule has 3 aromatic rings. The summed E-state index contributed by atoms with van der Waals surface area (Å²) >= 11 is 0. The van der Waals surface area contributed by atoms with Gasteiger partial charge in [-0.1, -0.05) is 0 Å². The molecule has 0 radical (unpaired) electrons. The molecule has 8 heteroatoms. The standard InChI is InChI=1S/C12H10N4O4/c1-5-3-7-6(4-8(5)20-2)13-10-9(16(7)19)11(17)15-12(18)14-10/h3-4H,1-2H3,(H2,13,14,15,17,18). The van der Waals surface area contributed by atoms with Gasteiger partial charge in [0.15, 0.2) is 0 Å². The molecule has 0 aliphatic heterocycles. The molecule has 0 unspecified atom stereocenters. The molecule has 0 saturated carbocycles. The fourth-order valence-electron chi connectivity index (χ4n) is 2.11. The van der Waals surface area contributed by atoms with Gasteiger partial charge in [0.2, 0.25) is 11.2 Å². The van der Waals surface area contributed by atoms with E-state index >= 15 is 0 Å². The number of nitrogens with zero attached hydrogens (tertiary/aromatic N) is 2. The molecule has 2 N–H and O–H groups in total. The number of benzene rings is 1. The number of fused-ring (bicyclic) bond motifs is 2. The van der Waals surface area contributed by atoms with Gasteiger partial charge in [-0.15, -0.1) is 0 Å². The van der Waals surface area contributed by atoms with Crippen molar-refractivity contribution in [2.45, 2.75) is 6.92 Å². The zero-order valence-corrected chi connectivity index (χ0v) is 10.7. The largest absolute Gasteiger partial charge is 0.618 e. The molecule has 0 bridgehead atoms. The summed E-state index contributed by atoms with van der Waals surface area (Å²) in [7, 11) is 1.51. The Hall–Kier alpha value is -2.90. The van der Waals surface area contributed by atoms with Gasteiger partial charge < -0.3 is 9.94 Å². The molecule has 0 atom stereocenters. The van der Waals surface area contributed by atoms with Crippen LogP contribution in [0, 0.1) is 12.1 Å². The van der Waals surface area contributed by atoms with Crippen LogP contribution in [0.5, 0.6) is 5.75 Å². The Morgan fingerprint density at radius 2 is 2.05 bits per heavy atom. The molecular formula is C12H10N4O4. The van der Waals surface area contributed by atoms with Crippen molar-refractivity contribution in [2.24, 2.45) is 0 Å². The van der Waals surface area contributed by atoms with Gasteiger partial charge in [-0.25, -0.2) is 9.78 Å². The van der Waals surface area contributed by atoms with Crippen molar-refractivity contribution in [3.8, 4) is 5.75 Å². The smallest absolute Gasteiger partial charge is 0.329 e. The average Bonchev–Trinajstić information content (AvgIpc) is 2.38. The SMILES string of the molecule is COc1cc2nc3[nH]c(=O)[nH]c(=O)c3[n+]([O-])c2cc1C. The van der Waals surface area contributed by atoms with Crippen molar-refractivity contribution < 1.29 is 9.47 Å². The Labute approximate surface area is 111 Å². The normalized spacial score (nSPS) is 11.1. The quantitative estimate of drug-likeness (QED) is 0.359. The number of aromatic amines is 2. The van der Waals surface area contributed by atoms with Gasteiger partial charge in [-0.2, -0.15) is 4.73 Å². The van der Waals surface area contributed by atoms with Gasteiger partial charge in [0, 0.05) is 12.1 Å². The van der Waals surface area contributed by atoms with Crippen molar-refractivity contribution in [1.29, 1.82) is 0 Å². The third-order valence-corrected chi connectivity index (χ3v) is 3.04. The van der Waals surface area contributed by atoms with Crippen LogP contribution in [0.1, 0.15) is 5.56 Å². The van der Waals surface area contributed by atoms with E-state index in [9.17, 15) is 14.8 Å². The summed E-state index contributed by atoms with van der Waals surface area (Å²) in [5.41, 5.74) is -0.486. The van der Waals surface area contributed by atoms with Crippen LogP contribution in [0.25, 0.3) is 22.2 Å². The highest BCUT2D eigenvalue weighted by molar-refractivity contribution is 5.80. The van der Waals surface area contributed by atoms with Gasteiger partial charge in [-0.05, 0) is 12.5 Å². The summed E-state index contributed by atoms with van der Waals surface area (Å²) in [6.07, 6.45) is 0. The Bertz CT molecular complexity index is 957. The topological polar surface area (TPSA) is 115 Å². The third-order valence-electron chi connectivity index (χ3n) is 3.04. The van der Waals surface area contributed by atoms with E-state index in [2.05, 4.69) is 9.97 Å².